The summed E-state index contributed by atoms with van der Waals surface area (Å²) in [4.78, 5) is 11.7. The third-order valence-corrected chi connectivity index (χ3v) is 5.47. The first-order valence-corrected chi connectivity index (χ1v) is 7.55. The van der Waals surface area contributed by atoms with E-state index in [1.165, 1.54) is 12.1 Å². The number of benzene rings is 2. The quantitative estimate of drug-likeness (QED) is 0.539. The number of carbonyl (C=O) groups excluding carboxylic acids is 1. The summed E-state index contributed by atoms with van der Waals surface area (Å²) in [5.74, 6) is -0.296. The Kier molecular flexibility index (Phi) is 4.88. The molecule has 0 spiro atoms. The number of ketones is 1. The van der Waals surface area contributed by atoms with Gasteiger partial charge in [-0.05, 0) is 17.7 Å². The Bertz CT molecular complexity index is 554. The number of Topliss-reactive ketones (excluding diaryl/α,β-unsaturated/α-hetero) is 1. The second-order valence-electron chi connectivity index (χ2n) is 4.09. The van der Waals surface area contributed by atoms with Crippen LogP contribution >= 0.6 is 31.9 Å². The average molecular weight is 386 g/mol. The predicted octanol–water partition coefficient (Wildman–Crippen LogP) is 4.91. The molecule has 0 aromatic heterocycles. The molecule has 2 rings (SSSR count). The Morgan fingerprint density at radius 3 is 2.11 bits per heavy atom. The van der Waals surface area contributed by atoms with Crippen molar-refractivity contribution in [2.24, 2.45) is 0 Å². The standard InChI is InChI=1S/C15H11Br2FO/c16-13(10-6-8-12(18)9-7-10)14(17)15(19)11-4-2-1-3-5-11/h1-9,13-14H/t13-,14-/m1/s1. The molecule has 4 heteroatoms. The van der Waals surface area contributed by atoms with E-state index in [4.69, 9.17) is 0 Å². The van der Waals surface area contributed by atoms with E-state index in [0.717, 1.165) is 5.56 Å². The molecular formula is C15H11Br2FO. The summed E-state index contributed by atoms with van der Waals surface area (Å²) in [6, 6.07) is 15.2. The SMILES string of the molecule is O=C(c1ccccc1)[C@H](Br)[C@H](Br)c1ccc(F)cc1. The highest BCUT2D eigenvalue weighted by molar-refractivity contribution is 9.12. The van der Waals surface area contributed by atoms with Crippen LogP contribution in [0.25, 0.3) is 0 Å². The molecule has 0 fully saturated rings. The number of halogens is 3. The van der Waals surface area contributed by atoms with Crippen molar-refractivity contribution in [3.8, 4) is 0 Å². The van der Waals surface area contributed by atoms with Gasteiger partial charge in [-0.3, -0.25) is 4.79 Å². The van der Waals surface area contributed by atoms with E-state index >= 15 is 0 Å². The van der Waals surface area contributed by atoms with Crippen LogP contribution in [0.5, 0.6) is 0 Å². The van der Waals surface area contributed by atoms with Crippen LogP contribution in [0, 0.1) is 5.82 Å². The largest absolute Gasteiger partial charge is 0.293 e. The maximum absolute atomic E-state index is 12.9. The second-order valence-corrected chi connectivity index (χ2v) is 6.06. The lowest BCUT2D eigenvalue weighted by Crippen LogP contribution is -2.19. The van der Waals surface area contributed by atoms with Crippen LogP contribution in [-0.4, -0.2) is 10.6 Å². The van der Waals surface area contributed by atoms with Crippen molar-refractivity contribution >= 4 is 37.6 Å². The Labute approximate surface area is 128 Å². The zero-order chi connectivity index (χ0) is 13.8. The van der Waals surface area contributed by atoms with E-state index in [1.54, 1.807) is 24.3 Å². The van der Waals surface area contributed by atoms with E-state index in [9.17, 15) is 9.18 Å². The van der Waals surface area contributed by atoms with Crippen LogP contribution in [0.1, 0.15) is 20.7 Å². The van der Waals surface area contributed by atoms with Gasteiger partial charge in [-0.25, -0.2) is 4.39 Å². The number of hydrogen-bond acceptors (Lipinski definition) is 1. The lowest BCUT2D eigenvalue weighted by atomic mass is 10.0. The summed E-state index contributed by atoms with van der Waals surface area (Å²) in [5.41, 5.74) is 1.50. The van der Waals surface area contributed by atoms with Crippen molar-refractivity contribution in [1.29, 1.82) is 0 Å². The highest BCUT2D eigenvalue weighted by Crippen LogP contribution is 2.33. The fraction of sp³-hybridized carbons (Fsp3) is 0.133. The number of rotatable bonds is 4. The molecule has 0 heterocycles. The maximum atomic E-state index is 12.9. The summed E-state index contributed by atoms with van der Waals surface area (Å²) in [6.45, 7) is 0. The van der Waals surface area contributed by atoms with E-state index in [1.807, 2.05) is 18.2 Å². The lowest BCUT2D eigenvalue weighted by Gasteiger charge is -2.16. The molecule has 19 heavy (non-hydrogen) atoms. The molecular weight excluding hydrogens is 375 g/mol. The highest BCUT2D eigenvalue weighted by Gasteiger charge is 2.25. The molecule has 2 aromatic carbocycles. The van der Waals surface area contributed by atoms with E-state index in [-0.39, 0.29) is 16.4 Å². The smallest absolute Gasteiger partial charge is 0.177 e. The number of hydrogen-bond donors (Lipinski definition) is 0. The molecule has 2 atom stereocenters. The molecule has 0 bridgehead atoms. The molecule has 0 amide bonds. The second kappa shape index (κ2) is 6.44. The molecule has 1 nitrogen and oxygen atoms in total. The number of alkyl halides is 2. The third-order valence-electron chi connectivity index (χ3n) is 2.75. The minimum Gasteiger partial charge on any atom is -0.293 e. The van der Waals surface area contributed by atoms with Gasteiger partial charge in [0.15, 0.2) is 5.78 Å². The van der Waals surface area contributed by atoms with Crippen LogP contribution < -0.4 is 0 Å². The van der Waals surface area contributed by atoms with E-state index in [2.05, 4.69) is 31.9 Å². The number of carbonyl (C=O) groups is 1. The summed E-state index contributed by atoms with van der Waals surface area (Å²) in [5, 5.41) is 0. The first kappa shape index (κ1) is 14.4. The van der Waals surface area contributed by atoms with Gasteiger partial charge in [0.05, 0.1) is 9.65 Å². The minimum atomic E-state index is -0.402. The average Bonchev–Trinajstić information content (AvgIpc) is 2.46. The molecule has 0 N–H and O–H groups in total. The topological polar surface area (TPSA) is 17.1 Å². The Balaban J connectivity index is 2.17. The molecule has 0 unspecified atom stereocenters. The van der Waals surface area contributed by atoms with Crippen molar-refractivity contribution in [3.05, 3.63) is 71.5 Å². The van der Waals surface area contributed by atoms with Crippen LogP contribution in [-0.2, 0) is 0 Å². The fourth-order valence-electron chi connectivity index (χ4n) is 1.71. The molecule has 0 aliphatic heterocycles. The van der Waals surface area contributed by atoms with Crippen molar-refractivity contribution in [3.63, 3.8) is 0 Å². The maximum Gasteiger partial charge on any atom is 0.177 e. The molecule has 0 radical (unpaired) electrons. The molecule has 0 saturated carbocycles. The van der Waals surface area contributed by atoms with Crippen molar-refractivity contribution in [2.75, 3.05) is 0 Å². The predicted molar refractivity (Wildman–Crippen MR) is 81.6 cm³/mol. The zero-order valence-corrected chi connectivity index (χ0v) is 13.1. The van der Waals surface area contributed by atoms with Crippen molar-refractivity contribution < 1.29 is 9.18 Å². The summed E-state index contributed by atoms with van der Waals surface area (Å²) in [7, 11) is 0. The molecule has 0 aliphatic rings. The summed E-state index contributed by atoms with van der Waals surface area (Å²) in [6.07, 6.45) is 0. The molecule has 0 aliphatic carbocycles. The Hall–Kier alpha value is -1.00. The van der Waals surface area contributed by atoms with Crippen molar-refractivity contribution in [2.45, 2.75) is 9.65 Å². The van der Waals surface area contributed by atoms with Gasteiger partial charge >= 0.3 is 0 Å². The van der Waals surface area contributed by atoms with Crippen LogP contribution in [0.4, 0.5) is 4.39 Å². The minimum absolute atomic E-state index is 0.00759. The van der Waals surface area contributed by atoms with Gasteiger partial charge in [-0.15, -0.1) is 0 Å². The van der Waals surface area contributed by atoms with Crippen LogP contribution in [0.3, 0.4) is 0 Å². The fourth-order valence-corrected chi connectivity index (χ4v) is 2.82. The Morgan fingerprint density at radius 2 is 1.53 bits per heavy atom. The first-order valence-electron chi connectivity index (χ1n) is 5.72. The van der Waals surface area contributed by atoms with Crippen molar-refractivity contribution in [1.82, 2.24) is 0 Å². The normalized spacial score (nSPS) is 13.8. The van der Waals surface area contributed by atoms with Gasteiger partial charge in [0.2, 0.25) is 0 Å². The Morgan fingerprint density at radius 1 is 0.947 bits per heavy atom. The van der Waals surface area contributed by atoms with Gasteiger partial charge < -0.3 is 0 Å². The summed E-state index contributed by atoms with van der Waals surface area (Å²) >= 11 is 6.89. The third kappa shape index (κ3) is 3.51. The first-order chi connectivity index (χ1) is 9.09. The van der Waals surface area contributed by atoms with E-state index < -0.39 is 4.83 Å². The van der Waals surface area contributed by atoms with Gasteiger partial charge in [0.1, 0.15) is 5.82 Å². The van der Waals surface area contributed by atoms with Crippen LogP contribution in [0.15, 0.2) is 54.6 Å². The van der Waals surface area contributed by atoms with Gasteiger partial charge in [0.25, 0.3) is 0 Å². The summed E-state index contributed by atoms with van der Waals surface area (Å²) < 4.78 is 12.9. The molecule has 98 valence electrons. The highest BCUT2D eigenvalue weighted by atomic mass is 79.9. The zero-order valence-electron chi connectivity index (χ0n) is 9.89. The van der Waals surface area contributed by atoms with Crippen LogP contribution in [0.2, 0.25) is 0 Å². The van der Waals surface area contributed by atoms with E-state index in [0.29, 0.717) is 5.56 Å². The monoisotopic (exact) mass is 384 g/mol. The molecule has 0 saturated heterocycles. The van der Waals surface area contributed by atoms with Gasteiger partial charge in [-0.1, -0.05) is 74.3 Å². The molecule has 2 aromatic rings. The lowest BCUT2D eigenvalue weighted by molar-refractivity contribution is 0.0991. The van der Waals surface area contributed by atoms with Gasteiger partial charge in [0, 0.05) is 5.56 Å². The van der Waals surface area contributed by atoms with Gasteiger partial charge in [-0.2, -0.15) is 0 Å².